The first kappa shape index (κ1) is 15.7. The van der Waals surface area contributed by atoms with Gasteiger partial charge in [0, 0.05) is 39.3 Å². The zero-order valence-electron chi connectivity index (χ0n) is 11.6. The minimum absolute atomic E-state index is 0.109. The topological polar surface area (TPSA) is 82.1 Å². The molecule has 0 spiro atoms. The molecule has 1 atom stereocenters. The zero-order valence-corrected chi connectivity index (χ0v) is 11.6. The van der Waals surface area contributed by atoms with Crippen LogP contribution in [0.25, 0.3) is 0 Å². The van der Waals surface area contributed by atoms with Crippen LogP contribution in [-0.4, -0.2) is 78.9 Å². The molecule has 2 amide bonds. The highest BCUT2D eigenvalue weighted by atomic mass is 16.5. The molecule has 2 N–H and O–H groups in total. The van der Waals surface area contributed by atoms with Gasteiger partial charge >= 0.3 is 12.0 Å². The minimum atomic E-state index is -0.824. The molecule has 1 unspecified atom stereocenters. The van der Waals surface area contributed by atoms with Crippen molar-refractivity contribution in [3.05, 3.63) is 0 Å². The number of piperazine rings is 1. The monoisotopic (exact) mass is 273 g/mol. The second kappa shape index (κ2) is 7.96. The number of urea groups is 1. The number of nitrogens with zero attached hydrogens (tertiary/aromatic N) is 2. The van der Waals surface area contributed by atoms with E-state index in [-0.39, 0.29) is 6.03 Å². The van der Waals surface area contributed by atoms with Crippen molar-refractivity contribution in [3.8, 4) is 0 Å². The van der Waals surface area contributed by atoms with Crippen LogP contribution in [0.4, 0.5) is 4.79 Å². The Morgan fingerprint density at radius 2 is 1.95 bits per heavy atom. The third-order valence-corrected chi connectivity index (χ3v) is 3.23. The van der Waals surface area contributed by atoms with Gasteiger partial charge in [0.2, 0.25) is 0 Å². The van der Waals surface area contributed by atoms with Crippen molar-refractivity contribution in [3.63, 3.8) is 0 Å². The number of carbonyl (C=O) groups excluding carboxylic acids is 1. The highest BCUT2D eigenvalue weighted by Gasteiger charge is 2.26. The van der Waals surface area contributed by atoms with Crippen molar-refractivity contribution in [1.29, 1.82) is 0 Å². The number of hydrogen-bond donors (Lipinski definition) is 2. The highest BCUT2D eigenvalue weighted by Crippen LogP contribution is 2.06. The Labute approximate surface area is 113 Å². The number of hydrogen-bond acceptors (Lipinski definition) is 4. The van der Waals surface area contributed by atoms with Crippen LogP contribution in [0.3, 0.4) is 0 Å². The van der Waals surface area contributed by atoms with Gasteiger partial charge in [-0.2, -0.15) is 0 Å². The van der Waals surface area contributed by atoms with Crippen molar-refractivity contribution in [2.45, 2.75) is 19.9 Å². The summed E-state index contributed by atoms with van der Waals surface area (Å²) < 4.78 is 5.14. The molecule has 110 valence electrons. The second-order valence-electron chi connectivity index (χ2n) is 4.47. The van der Waals surface area contributed by atoms with E-state index >= 15 is 0 Å². The number of carboxylic acid groups (broad SMARTS) is 1. The summed E-state index contributed by atoms with van der Waals surface area (Å²) in [5, 5.41) is 11.7. The van der Waals surface area contributed by atoms with Crippen molar-refractivity contribution >= 4 is 12.0 Å². The maximum Gasteiger partial charge on any atom is 0.320 e. The molecule has 0 aliphatic carbocycles. The van der Waals surface area contributed by atoms with Crippen molar-refractivity contribution in [2.24, 2.45) is 0 Å². The largest absolute Gasteiger partial charge is 0.480 e. The molecule has 1 saturated heterocycles. The zero-order chi connectivity index (χ0) is 14.3. The Kier molecular flexibility index (Phi) is 6.58. The second-order valence-corrected chi connectivity index (χ2v) is 4.47. The summed E-state index contributed by atoms with van der Waals surface area (Å²) in [6.07, 6.45) is 0. The van der Waals surface area contributed by atoms with Crippen LogP contribution in [0, 0.1) is 0 Å². The predicted octanol–water partition coefficient (Wildman–Crippen LogP) is -0.177. The van der Waals surface area contributed by atoms with Crippen LogP contribution in [-0.2, 0) is 9.53 Å². The molecule has 1 fully saturated rings. The summed E-state index contributed by atoms with van der Waals surface area (Å²) in [4.78, 5) is 26.2. The first-order valence-electron chi connectivity index (χ1n) is 6.63. The van der Waals surface area contributed by atoms with E-state index in [0.29, 0.717) is 45.9 Å². The van der Waals surface area contributed by atoms with Crippen LogP contribution < -0.4 is 5.32 Å². The fourth-order valence-corrected chi connectivity index (χ4v) is 1.95. The number of amides is 2. The Morgan fingerprint density at radius 3 is 2.47 bits per heavy atom. The molecule has 1 heterocycles. The van der Waals surface area contributed by atoms with Crippen molar-refractivity contribution in [2.75, 3.05) is 45.9 Å². The molecule has 1 aliphatic heterocycles. The van der Waals surface area contributed by atoms with E-state index in [1.807, 2.05) is 11.8 Å². The average Bonchev–Trinajstić information content (AvgIpc) is 2.42. The number of carbonyl (C=O) groups is 2. The Hall–Kier alpha value is -1.34. The number of carboxylic acids is 1. The van der Waals surface area contributed by atoms with Crippen LogP contribution in [0.15, 0.2) is 0 Å². The van der Waals surface area contributed by atoms with Crippen molar-refractivity contribution < 1.29 is 19.4 Å². The van der Waals surface area contributed by atoms with E-state index in [9.17, 15) is 9.59 Å². The van der Waals surface area contributed by atoms with E-state index in [2.05, 4.69) is 5.32 Å². The average molecular weight is 273 g/mol. The maximum absolute atomic E-state index is 11.8. The molecule has 1 rings (SSSR count). The third kappa shape index (κ3) is 5.04. The van der Waals surface area contributed by atoms with E-state index in [1.54, 1.807) is 11.8 Å². The molecular formula is C12H23N3O4. The summed E-state index contributed by atoms with van der Waals surface area (Å²) in [5.74, 6) is -0.824. The van der Waals surface area contributed by atoms with E-state index in [0.717, 1.165) is 0 Å². The lowest BCUT2D eigenvalue weighted by molar-refractivity contribution is -0.143. The molecule has 0 bridgehead atoms. The predicted molar refractivity (Wildman–Crippen MR) is 70.1 cm³/mol. The molecule has 0 saturated carbocycles. The minimum Gasteiger partial charge on any atom is -0.480 e. The fourth-order valence-electron chi connectivity index (χ4n) is 1.95. The normalized spacial score (nSPS) is 18.1. The number of nitrogens with one attached hydrogen (secondary N) is 1. The Morgan fingerprint density at radius 1 is 1.32 bits per heavy atom. The molecule has 0 aromatic carbocycles. The van der Waals surface area contributed by atoms with Crippen LogP contribution in [0.2, 0.25) is 0 Å². The molecule has 7 nitrogen and oxygen atoms in total. The number of ether oxygens (including phenoxy) is 1. The molecular weight excluding hydrogens is 250 g/mol. The molecule has 0 aromatic heterocycles. The fraction of sp³-hybridized carbons (Fsp3) is 0.833. The molecule has 7 heteroatoms. The maximum atomic E-state index is 11.8. The van der Waals surface area contributed by atoms with Crippen LogP contribution in [0.1, 0.15) is 13.8 Å². The summed E-state index contributed by atoms with van der Waals surface area (Å²) >= 11 is 0. The molecule has 0 radical (unpaired) electrons. The molecule has 0 aromatic rings. The van der Waals surface area contributed by atoms with Gasteiger partial charge in [0.25, 0.3) is 0 Å². The summed E-state index contributed by atoms with van der Waals surface area (Å²) in [6, 6.07) is -0.606. The lowest BCUT2D eigenvalue weighted by atomic mass is 10.2. The third-order valence-electron chi connectivity index (χ3n) is 3.23. The van der Waals surface area contributed by atoms with Crippen LogP contribution >= 0.6 is 0 Å². The first-order chi connectivity index (χ1) is 9.06. The van der Waals surface area contributed by atoms with Gasteiger partial charge in [-0.05, 0) is 13.8 Å². The van der Waals surface area contributed by atoms with Gasteiger partial charge in [-0.15, -0.1) is 0 Å². The van der Waals surface area contributed by atoms with Gasteiger partial charge in [-0.1, -0.05) is 0 Å². The summed E-state index contributed by atoms with van der Waals surface area (Å²) in [6.45, 7) is 7.51. The molecule has 19 heavy (non-hydrogen) atoms. The quantitative estimate of drug-likeness (QED) is 0.656. The van der Waals surface area contributed by atoms with Gasteiger partial charge < -0.3 is 20.1 Å². The number of aliphatic carboxylic acids is 1. The first-order valence-corrected chi connectivity index (χ1v) is 6.63. The highest BCUT2D eigenvalue weighted by molar-refractivity contribution is 5.74. The lowest BCUT2D eigenvalue weighted by Gasteiger charge is -2.36. The van der Waals surface area contributed by atoms with E-state index in [1.165, 1.54) is 0 Å². The Balaban J connectivity index is 2.25. The van der Waals surface area contributed by atoms with Crippen molar-refractivity contribution in [1.82, 2.24) is 15.1 Å². The summed E-state index contributed by atoms with van der Waals surface area (Å²) in [7, 11) is 0. The van der Waals surface area contributed by atoms with E-state index in [4.69, 9.17) is 9.84 Å². The van der Waals surface area contributed by atoms with Gasteiger partial charge in [0.05, 0.1) is 6.61 Å². The van der Waals surface area contributed by atoms with Gasteiger partial charge in [0.1, 0.15) is 6.04 Å². The van der Waals surface area contributed by atoms with Gasteiger partial charge in [0.15, 0.2) is 0 Å². The van der Waals surface area contributed by atoms with E-state index < -0.39 is 12.0 Å². The SMILES string of the molecule is CCOCCNC(=O)N1CCN(C(C)C(=O)O)CC1. The standard InChI is InChI=1S/C12H23N3O4/c1-3-19-9-4-13-12(18)15-7-5-14(6-8-15)10(2)11(16)17/h10H,3-9H2,1-2H3,(H,13,18)(H,16,17). The number of rotatable bonds is 6. The van der Waals surface area contributed by atoms with Crippen LogP contribution in [0.5, 0.6) is 0 Å². The smallest absolute Gasteiger partial charge is 0.320 e. The molecule has 1 aliphatic rings. The van der Waals surface area contributed by atoms with Gasteiger partial charge in [-0.25, -0.2) is 4.79 Å². The summed E-state index contributed by atoms with van der Waals surface area (Å²) in [5.41, 5.74) is 0. The van der Waals surface area contributed by atoms with Gasteiger partial charge in [-0.3, -0.25) is 9.69 Å². The Bertz CT molecular complexity index is 303. The lowest BCUT2D eigenvalue weighted by Crippen LogP contribution is -2.55.